The molecule has 3 aromatic heterocycles. The number of fused-ring (bicyclic) bond motifs is 1. The highest BCUT2D eigenvalue weighted by atomic mass is 16.5. The van der Waals surface area contributed by atoms with E-state index in [1.807, 2.05) is 42.6 Å². The molecule has 0 atom stereocenters. The minimum Gasteiger partial charge on any atom is -0.471 e. The number of alkyl carbamates (subject to hydrolysis) is 1. The largest absolute Gasteiger partial charge is 0.471 e. The number of hydrogen-bond donors (Lipinski definition) is 3. The Labute approximate surface area is 274 Å². The summed E-state index contributed by atoms with van der Waals surface area (Å²) in [6.07, 6.45) is 9.91. The van der Waals surface area contributed by atoms with E-state index in [9.17, 15) is 9.59 Å². The molecule has 3 N–H and O–H groups in total. The lowest BCUT2D eigenvalue weighted by Gasteiger charge is -2.15. The van der Waals surface area contributed by atoms with Crippen molar-refractivity contribution in [1.82, 2.24) is 24.7 Å². The third-order valence-electron chi connectivity index (χ3n) is 7.99. The first-order chi connectivity index (χ1) is 22.7. The first-order valence-corrected chi connectivity index (χ1v) is 16.3. The maximum Gasteiger partial charge on any atom is 0.412 e. The molecule has 12 nitrogen and oxygen atoms in total. The zero-order valence-electron chi connectivity index (χ0n) is 27.5. The average molecular weight is 642 g/mol. The van der Waals surface area contributed by atoms with Gasteiger partial charge in [-0.05, 0) is 86.4 Å². The number of nitrogens with zero attached hydrogens (tertiary/aromatic N) is 4. The summed E-state index contributed by atoms with van der Waals surface area (Å²) in [6.45, 7) is 8.78. The van der Waals surface area contributed by atoms with Gasteiger partial charge in [0.05, 0.1) is 18.9 Å². The molecular formula is C35H43N7O5. The number of unbranched alkanes of at least 4 members (excludes halogenated alkanes) is 3. The maximum absolute atomic E-state index is 12.6. The summed E-state index contributed by atoms with van der Waals surface area (Å²) < 4.78 is 18.4. The summed E-state index contributed by atoms with van der Waals surface area (Å²) in [4.78, 5) is 38.1. The number of aryl methyl sites for hydroxylation is 2. The number of hydrogen-bond acceptors (Lipinski definition) is 10. The second-order valence-corrected chi connectivity index (χ2v) is 11.8. The monoisotopic (exact) mass is 641 g/mol. The number of anilines is 1. The van der Waals surface area contributed by atoms with E-state index in [2.05, 4.69) is 44.8 Å². The number of carbonyl (C=O) groups excluding carboxylic acids is 2. The van der Waals surface area contributed by atoms with E-state index in [0.29, 0.717) is 30.5 Å². The molecule has 1 aliphatic carbocycles. The van der Waals surface area contributed by atoms with Gasteiger partial charge in [-0.1, -0.05) is 32.3 Å². The van der Waals surface area contributed by atoms with Crippen molar-refractivity contribution in [2.75, 3.05) is 18.5 Å². The van der Waals surface area contributed by atoms with E-state index in [1.54, 1.807) is 13.0 Å². The molecular weight excluding hydrogens is 598 g/mol. The lowest BCUT2D eigenvalue weighted by molar-refractivity contribution is 0.0510. The molecule has 4 aromatic rings. The lowest BCUT2D eigenvalue weighted by Crippen LogP contribution is -2.31. The molecule has 1 saturated carbocycles. The Bertz CT molecular complexity index is 1720. The predicted octanol–water partition coefficient (Wildman–Crippen LogP) is 6.62. The SMILES string of the molecule is CCCCCCOC(=O)NC(=N)c1cc(C)c(CNc2cc(OCc3cn4cc(C5CC5)ccc4n3)nc(C(=O)OCC)n2)c(C)c1. The Morgan fingerprint density at radius 1 is 0.979 bits per heavy atom. The second-order valence-electron chi connectivity index (χ2n) is 11.8. The number of imidazole rings is 1. The minimum atomic E-state index is -0.649. The molecule has 0 aliphatic heterocycles. The molecule has 47 heavy (non-hydrogen) atoms. The Hall–Kier alpha value is -5.00. The summed E-state index contributed by atoms with van der Waals surface area (Å²) in [6, 6.07) is 9.47. The topological polar surface area (TPSA) is 153 Å². The third-order valence-corrected chi connectivity index (χ3v) is 7.99. The molecule has 1 aromatic carbocycles. The van der Waals surface area contributed by atoms with Crippen LogP contribution in [0.3, 0.4) is 0 Å². The molecule has 0 bridgehead atoms. The number of pyridine rings is 1. The fourth-order valence-corrected chi connectivity index (χ4v) is 5.31. The smallest absolute Gasteiger partial charge is 0.412 e. The molecule has 0 saturated heterocycles. The van der Waals surface area contributed by atoms with Crippen molar-refractivity contribution in [1.29, 1.82) is 5.41 Å². The molecule has 0 radical (unpaired) electrons. The quantitative estimate of drug-likeness (QED) is 0.0563. The molecule has 0 unspecified atom stereocenters. The summed E-state index contributed by atoms with van der Waals surface area (Å²) in [5.41, 5.74) is 6.27. The molecule has 3 heterocycles. The average Bonchev–Trinajstić information content (AvgIpc) is 3.82. The van der Waals surface area contributed by atoms with Gasteiger partial charge in [-0.2, -0.15) is 4.98 Å². The number of nitrogens with one attached hydrogen (secondary N) is 3. The number of benzene rings is 1. The van der Waals surface area contributed by atoms with Gasteiger partial charge in [0.15, 0.2) is 0 Å². The van der Waals surface area contributed by atoms with Gasteiger partial charge in [-0.25, -0.2) is 19.6 Å². The summed E-state index contributed by atoms with van der Waals surface area (Å²) >= 11 is 0. The van der Waals surface area contributed by atoms with E-state index in [0.717, 1.165) is 53.7 Å². The third kappa shape index (κ3) is 9.05. The van der Waals surface area contributed by atoms with Gasteiger partial charge in [-0.3, -0.25) is 10.7 Å². The summed E-state index contributed by atoms with van der Waals surface area (Å²) in [7, 11) is 0. The van der Waals surface area contributed by atoms with Gasteiger partial charge in [0.25, 0.3) is 0 Å². The van der Waals surface area contributed by atoms with Gasteiger partial charge >= 0.3 is 12.1 Å². The predicted molar refractivity (Wildman–Crippen MR) is 178 cm³/mol. The van der Waals surface area contributed by atoms with Gasteiger partial charge in [0.1, 0.15) is 23.9 Å². The molecule has 1 fully saturated rings. The van der Waals surface area contributed by atoms with Crippen LogP contribution in [0, 0.1) is 19.3 Å². The lowest BCUT2D eigenvalue weighted by atomic mass is 9.98. The normalized spacial score (nSPS) is 12.5. The van der Waals surface area contributed by atoms with Crippen LogP contribution in [0.5, 0.6) is 5.88 Å². The van der Waals surface area contributed by atoms with E-state index >= 15 is 0 Å². The van der Waals surface area contributed by atoms with Crippen LogP contribution in [0.15, 0.2) is 42.7 Å². The van der Waals surface area contributed by atoms with E-state index in [1.165, 1.54) is 18.4 Å². The molecule has 248 valence electrons. The number of carbonyl (C=O) groups is 2. The van der Waals surface area contributed by atoms with Crippen molar-refractivity contribution in [2.24, 2.45) is 0 Å². The van der Waals surface area contributed by atoms with Crippen molar-refractivity contribution in [3.8, 4) is 5.88 Å². The molecule has 1 aliphatic rings. The van der Waals surface area contributed by atoms with Crippen molar-refractivity contribution < 1.29 is 23.8 Å². The summed E-state index contributed by atoms with van der Waals surface area (Å²) in [5.74, 6) is 0.453. The van der Waals surface area contributed by atoms with Gasteiger partial charge in [0, 0.05) is 30.6 Å². The Morgan fingerprint density at radius 2 is 1.77 bits per heavy atom. The van der Waals surface area contributed by atoms with Crippen LogP contribution in [-0.2, 0) is 22.6 Å². The van der Waals surface area contributed by atoms with Crippen LogP contribution >= 0.6 is 0 Å². The van der Waals surface area contributed by atoms with Crippen molar-refractivity contribution in [2.45, 2.75) is 85.3 Å². The van der Waals surface area contributed by atoms with Crippen LogP contribution in [-0.4, -0.2) is 50.5 Å². The summed E-state index contributed by atoms with van der Waals surface area (Å²) in [5, 5.41) is 14.2. The number of rotatable bonds is 15. The minimum absolute atomic E-state index is 0.0279. The van der Waals surface area contributed by atoms with E-state index < -0.39 is 12.1 Å². The molecule has 12 heteroatoms. The number of aromatic nitrogens is 4. The highest BCUT2D eigenvalue weighted by Gasteiger charge is 2.24. The molecule has 5 rings (SSSR count). The van der Waals surface area contributed by atoms with Crippen molar-refractivity contribution >= 4 is 29.4 Å². The zero-order valence-corrected chi connectivity index (χ0v) is 27.5. The highest BCUT2D eigenvalue weighted by molar-refractivity contribution is 6.04. The highest BCUT2D eigenvalue weighted by Crippen LogP contribution is 2.39. The molecule has 1 amide bonds. The standard InChI is InChI=1S/C35H43N7O5/c1-5-7-8-9-14-46-35(44)41-32(36)26-15-22(3)28(23(4)16-26)18-37-29-17-31(40-33(39-29)34(43)45-6-2)47-21-27-20-42-19-25(24-10-11-24)12-13-30(42)38-27/h12-13,15-17,19-20,24H,5-11,14,18,21H2,1-4H3,(H2,36,41,44)(H,37,39,40). The van der Waals surface area contributed by atoms with Crippen LogP contribution in [0.25, 0.3) is 5.65 Å². The fourth-order valence-electron chi connectivity index (χ4n) is 5.31. The zero-order chi connectivity index (χ0) is 33.3. The second kappa shape index (κ2) is 15.5. The number of ether oxygens (including phenoxy) is 3. The number of amides is 1. The van der Waals surface area contributed by atoms with Gasteiger partial charge < -0.3 is 23.9 Å². The van der Waals surface area contributed by atoms with Crippen LogP contribution < -0.4 is 15.4 Å². The van der Waals surface area contributed by atoms with E-state index in [-0.39, 0.29) is 30.8 Å². The van der Waals surface area contributed by atoms with E-state index in [4.69, 9.17) is 19.6 Å². The Morgan fingerprint density at radius 3 is 2.49 bits per heavy atom. The van der Waals surface area contributed by atoms with Crippen molar-refractivity contribution in [3.05, 3.63) is 82.1 Å². The van der Waals surface area contributed by atoms with Crippen LogP contribution in [0.1, 0.15) is 102 Å². The van der Waals surface area contributed by atoms with Gasteiger partial charge in [-0.15, -0.1) is 0 Å². The van der Waals surface area contributed by atoms with Crippen molar-refractivity contribution in [3.63, 3.8) is 0 Å². The number of esters is 1. The van der Waals surface area contributed by atoms with Gasteiger partial charge in [0.2, 0.25) is 11.7 Å². The Kier molecular flexibility index (Phi) is 11.0. The van der Waals surface area contributed by atoms with Crippen LogP contribution in [0.4, 0.5) is 10.6 Å². The Balaban J connectivity index is 1.24. The molecule has 0 spiro atoms. The van der Waals surface area contributed by atoms with Crippen LogP contribution in [0.2, 0.25) is 0 Å². The first-order valence-electron chi connectivity index (χ1n) is 16.3. The number of amidine groups is 1. The first kappa shape index (κ1) is 33.4. The fraction of sp³-hybridized carbons (Fsp3) is 0.429. The maximum atomic E-state index is 12.6.